The molecule has 40 valence electrons. The van der Waals surface area contributed by atoms with Crippen LogP contribution in [-0.2, 0) is 44.8 Å². The van der Waals surface area contributed by atoms with Crippen molar-refractivity contribution in [3.63, 3.8) is 0 Å². The fraction of sp³-hybridized carbons (Fsp3) is 0. The van der Waals surface area contributed by atoms with Gasteiger partial charge in [-0.15, -0.1) is 0 Å². The van der Waals surface area contributed by atoms with Gasteiger partial charge in [0, 0.05) is 0 Å². The Bertz CT molecular complexity index is 6.04. The molecule has 0 saturated carbocycles. The van der Waals surface area contributed by atoms with E-state index in [9.17, 15) is 0 Å². The minimum atomic E-state index is 0. The molecule has 0 rings (SSSR count). The molecule has 0 aromatic heterocycles. The van der Waals surface area contributed by atoms with E-state index < -0.39 is 0 Å². The minimum Gasteiger partial charge on any atom is -2.00 e. The quantitative estimate of drug-likeness (QED) is 0.294. The molecular formula is Nb2Se5. The number of rotatable bonds is 0. The molecule has 0 aromatic rings. The Balaban J connectivity index is 0. The smallest absolute Gasteiger partial charge is 2.00 e. The first kappa shape index (κ1) is 67.7. The van der Waals surface area contributed by atoms with Crippen LogP contribution in [0, 0.1) is 0 Å². The molecule has 7 heteroatoms. The van der Waals surface area contributed by atoms with Crippen LogP contribution in [0.1, 0.15) is 0 Å². The molecule has 0 spiro atoms. The van der Waals surface area contributed by atoms with Crippen molar-refractivity contribution in [2.45, 2.75) is 0 Å². The van der Waals surface area contributed by atoms with Crippen LogP contribution in [0.2, 0.25) is 0 Å². The van der Waals surface area contributed by atoms with E-state index in [-0.39, 0.29) is 130 Å². The molecule has 0 heterocycles. The van der Waals surface area contributed by atoms with Gasteiger partial charge in [-0.05, 0) is 0 Å². The summed E-state index contributed by atoms with van der Waals surface area (Å²) < 4.78 is 0. The van der Waals surface area contributed by atoms with Crippen LogP contribution in [0.4, 0.5) is 0 Å². The van der Waals surface area contributed by atoms with Crippen molar-refractivity contribution in [1.29, 1.82) is 0 Å². The Morgan fingerprint density at radius 2 is 0.286 bits per heavy atom. The molecule has 0 N–H and O–H groups in total. The van der Waals surface area contributed by atoms with Gasteiger partial charge in [-0.25, -0.2) is 0 Å². The molecule has 0 radical (unpaired) electrons. The topological polar surface area (TPSA) is 0 Å². The summed E-state index contributed by atoms with van der Waals surface area (Å²) in [5, 5.41) is 0. The zero-order chi connectivity index (χ0) is 0. The van der Waals surface area contributed by atoms with Gasteiger partial charge in [0.25, 0.3) is 0 Å². The summed E-state index contributed by atoms with van der Waals surface area (Å²) in [6, 6.07) is 0. The molecule has 0 nitrogen and oxygen atoms in total. The monoisotopic (exact) mass is 585 g/mol. The van der Waals surface area contributed by atoms with Crippen molar-refractivity contribution in [2.24, 2.45) is 0 Å². The molecule has 0 unspecified atom stereocenters. The van der Waals surface area contributed by atoms with Crippen molar-refractivity contribution in [1.82, 2.24) is 0 Å². The van der Waals surface area contributed by atoms with Crippen LogP contribution in [0.5, 0.6) is 0 Å². The Morgan fingerprint density at radius 1 is 0.286 bits per heavy atom. The number of hydrogen-bond donors (Lipinski definition) is 0. The summed E-state index contributed by atoms with van der Waals surface area (Å²) in [5.41, 5.74) is 0. The second-order valence-electron chi connectivity index (χ2n) is 0. The van der Waals surface area contributed by atoms with E-state index in [1.54, 1.807) is 0 Å². The Morgan fingerprint density at radius 3 is 0.286 bits per heavy atom. The van der Waals surface area contributed by atoms with Gasteiger partial charge >= 0.3 is 44.8 Å². The summed E-state index contributed by atoms with van der Waals surface area (Å²) in [5.74, 6) is 0. The van der Waals surface area contributed by atoms with Gasteiger partial charge in [-0.3, -0.25) is 0 Å². The molecule has 7 heavy (non-hydrogen) atoms. The zero-order valence-corrected chi connectivity index (χ0v) is 15.9. The van der Waals surface area contributed by atoms with Gasteiger partial charge in [0.2, 0.25) is 0 Å². The molecule has 0 saturated heterocycles. The molecule has 0 bridgehead atoms. The molecule has 0 aliphatic rings. The predicted octanol–water partition coefficient (Wildman–Crippen LogP) is -1.91. The van der Waals surface area contributed by atoms with Crippen LogP contribution in [0.3, 0.4) is 0 Å². The first-order valence-electron chi connectivity index (χ1n) is 0. The second kappa shape index (κ2) is 49.9. The Labute approximate surface area is 128 Å². The van der Waals surface area contributed by atoms with Gasteiger partial charge in [-0.1, -0.05) is 0 Å². The molecule has 0 fully saturated rings. The van der Waals surface area contributed by atoms with Crippen LogP contribution in [0.15, 0.2) is 0 Å². The number of hydrogen-bond acceptors (Lipinski definition) is 0. The fourth-order valence-corrected chi connectivity index (χ4v) is 0. The van der Waals surface area contributed by atoms with E-state index in [0.29, 0.717) is 0 Å². The van der Waals surface area contributed by atoms with Gasteiger partial charge in [-0.2, -0.15) is 0 Å². The first-order chi connectivity index (χ1) is 0. The third kappa shape index (κ3) is 39.5. The van der Waals surface area contributed by atoms with Crippen molar-refractivity contribution >= 4 is 85.3 Å². The maximum Gasteiger partial charge on any atom is 5.00 e. The molecule has 0 atom stereocenters. The van der Waals surface area contributed by atoms with E-state index in [1.165, 1.54) is 0 Å². The zero-order valence-electron chi connectivity index (χ0n) is 2.94. The molecular weight excluding hydrogens is 581 g/mol. The standard InChI is InChI=1S/2Nb.5Se/q2*+5;5*-2. The maximum atomic E-state index is 0. The third-order valence-corrected chi connectivity index (χ3v) is 0. The van der Waals surface area contributed by atoms with Crippen LogP contribution >= 0.6 is 0 Å². The second-order valence-corrected chi connectivity index (χ2v) is 0. The molecule has 0 aliphatic carbocycles. The van der Waals surface area contributed by atoms with E-state index in [0.717, 1.165) is 0 Å². The van der Waals surface area contributed by atoms with Crippen LogP contribution < -0.4 is 0 Å². The van der Waals surface area contributed by atoms with Crippen molar-refractivity contribution < 1.29 is 44.8 Å². The fourth-order valence-electron chi connectivity index (χ4n) is 0. The molecule has 0 amide bonds. The summed E-state index contributed by atoms with van der Waals surface area (Å²) in [6.45, 7) is 0. The van der Waals surface area contributed by atoms with Crippen molar-refractivity contribution in [2.75, 3.05) is 0 Å². The van der Waals surface area contributed by atoms with Crippen LogP contribution in [0.25, 0.3) is 0 Å². The summed E-state index contributed by atoms with van der Waals surface area (Å²) >= 11 is 0. The minimum absolute atomic E-state index is 0. The normalized spacial score (nSPS) is 0. The first-order valence-corrected chi connectivity index (χ1v) is 0. The van der Waals surface area contributed by atoms with E-state index in [4.69, 9.17) is 0 Å². The van der Waals surface area contributed by atoms with Crippen LogP contribution in [-0.4, -0.2) is 85.3 Å². The largest absolute Gasteiger partial charge is 5.00 e. The van der Waals surface area contributed by atoms with E-state index in [1.807, 2.05) is 0 Å². The molecule has 0 aromatic carbocycles. The predicted molar refractivity (Wildman–Crippen MR) is 28.8 cm³/mol. The van der Waals surface area contributed by atoms with E-state index >= 15 is 0 Å². The third-order valence-electron chi connectivity index (χ3n) is 0. The van der Waals surface area contributed by atoms with Gasteiger partial charge in [0.05, 0.1) is 0 Å². The summed E-state index contributed by atoms with van der Waals surface area (Å²) in [7, 11) is 0. The maximum absolute atomic E-state index is 0. The van der Waals surface area contributed by atoms with Gasteiger partial charge in [0.15, 0.2) is 0 Å². The van der Waals surface area contributed by atoms with Gasteiger partial charge in [0.1, 0.15) is 0 Å². The van der Waals surface area contributed by atoms with E-state index in [2.05, 4.69) is 0 Å². The van der Waals surface area contributed by atoms with Crippen molar-refractivity contribution in [3.8, 4) is 0 Å². The van der Waals surface area contributed by atoms with Crippen molar-refractivity contribution in [3.05, 3.63) is 0 Å². The summed E-state index contributed by atoms with van der Waals surface area (Å²) in [6.07, 6.45) is 0. The summed E-state index contributed by atoms with van der Waals surface area (Å²) in [4.78, 5) is 0. The average Bonchev–Trinajstić information content (AvgIpc) is 0. The molecule has 0 aliphatic heterocycles. The SMILES string of the molecule is [Nb+5].[Nb+5].[Se-2].[Se-2].[Se-2].[Se-2].[Se-2]. The average molecular weight is 581 g/mol. The Hall–Kier alpha value is 4.08. The Kier molecular flexibility index (Phi) is 483. The van der Waals surface area contributed by atoms with Gasteiger partial charge < -0.3 is 85.3 Å².